The van der Waals surface area contributed by atoms with Gasteiger partial charge < -0.3 is 15.2 Å². The molecule has 1 aromatic heterocycles. The van der Waals surface area contributed by atoms with E-state index in [1.807, 2.05) is 0 Å². The van der Waals surface area contributed by atoms with Gasteiger partial charge in [-0.25, -0.2) is 9.78 Å². The highest BCUT2D eigenvalue weighted by Gasteiger charge is 2.20. The average molecular weight is 266 g/mol. The smallest absolute Gasteiger partial charge is 0.338 e. The number of aromatic nitrogens is 1. The predicted molar refractivity (Wildman–Crippen MR) is 68.7 cm³/mol. The van der Waals surface area contributed by atoms with Gasteiger partial charge in [-0.05, 0) is 32.9 Å². The first kappa shape index (κ1) is 15.1. The third-order valence-electron chi connectivity index (χ3n) is 2.13. The lowest BCUT2D eigenvalue weighted by Gasteiger charge is -2.19. The van der Waals surface area contributed by atoms with E-state index in [1.165, 1.54) is 19.2 Å². The summed E-state index contributed by atoms with van der Waals surface area (Å²) in [4.78, 5) is 27.4. The number of nitrogens with one attached hydrogen (secondary N) is 1. The third kappa shape index (κ3) is 4.33. The van der Waals surface area contributed by atoms with E-state index in [0.717, 1.165) is 0 Å². The topological polar surface area (TPSA) is 88.5 Å². The summed E-state index contributed by atoms with van der Waals surface area (Å²) in [6.45, 7) is 4.89. The van der Waals surface area contributed by atoms with Crippen molar-refractivity contribution in [2.24, 2.45) is 0 Å². The summed E-state index contributed by atoms with van der Waals surface area (Å²) in [5.74, 6) is -0.991. The molecular formula is C13H18N2O4. The van der Waals surface area contributed by atoms with Crippen molar-refractivity contribution < 1.29 is 19.4 Å². The Balaban J connectivity index is 3.13. The zero-order chi connectivity index (χ0) is 14.6. The number of pyridine rings is 1. The zero-order valence-corrected chi connectivity index (χ0v) is 11.5. The summed E-state index contributed by atoms with van der Waals surface area (Å²) in [7, 11) is 1.46. The molecule has 0 atom stereocenters. The summed E-state index contributed by atoms with van der Waals surface area (Å²) < 4.78 is 5.21. The monoisotopic (exact) mass is 266 g/mol. The van der Waals surface area contributed by atoms with Crippen molar-refractivity contribution in [3.05, 3.63) is 29.1 Å². The van der Waals surface area contributed by atoms with Gasteiger partial charge in [0.05, 0.1) is 17.9 Å². The molecule has 0 saturated carbocycles. The quantitative estimate of drug-likeness (QED) is 0.793. The van der Waals surface area contributed by atoms with E-state index in [0.29, 0.717) is 0 Å². The normalized spacial score (nSPS) is 11.0. The molecule has 19 heavy (non-hydrogen) atoms. The van der Waals surface area contributed by atoms with E-state index in [1.54, 1.807) is 20.8 Å². The molecule has 0 saturated heterocycles. The average Bonchev–Trinajstić information content (AvgIpc) is 2.35. The maximum atomic E-state index is 11.9. The van der Waals surface area contributed by atoms with Crippen molar-refractivity contribution in [2.75, 3.05) is 7.05 Å². The summed E-state index contributed by atoms with van der Waals surface area (Å²) in [5, 5.41) is 11.5. The van der Waals surface area contributed by atoms with Crippen LogP contribution in [0.2, 0.25) is 0 Å². The fourth-order valence-electron chi connectivity index (χ4n) is 1.37. The van der Waals surface area contributed by atoms with Gasteiger partial charge in [0.2, 0.25) is 0 Å². The molecular weight excluding hydrogens is 248 g/mol. The minimum absolute atomic E-state index is 0.0647. The first-order valence-electron chi connectivity index (χ1n) is 5.84. The number of hydrogen-bond donors (Lipinski definition) is 2. The van der Waals surface area contributed by atoms with Gasteiger partial charge in [0.25, 0.3) is 5.91 Å². The number of carbonyl (C=O) groups excluding carboxylic acids is 2. The van der Waals surface area contributed by atoms with Crippen LogP contribution in [0.15, 0.2) is 12.1 Å². The maximum Gasteiger partial charge on any atom is 0.338 e. The Bertz CT molecular complexity index is 492. The lowest BCUT2D eigenvalue weighted by Crippen LogP contribution is -2.25. The molecule has 0 aliphatic heterocycles. The van der Waals surface area contributed by atoms with Crippen molar-refractivity contribution in [1.29, 1.82) is 0 Å². The van der Waals surface area contributed by atoms with Gasteiger partial charge in [0.1, 0.15) is 11.3 Å². The number of rotatable bonds is 3. The van der Waals surface area contributed by atoms with Crippen LogP contribution in [0, 0.1) is 0 Å². The SMILES string of the molecule is CNC(=O)c1cc(C(=O)OC(C)(C)C)cc(CO)n1. The molecule has 6 nitrogen and oxygen atoms in total. The van der Waals surface area contributed by atoms with Gasteiger partial charge in [0.15, 0.2) is 0 Å². The molecule has 1 rings (SSSR count). The van der Waals surface area contributed by atoms with Crippen LogP contribution in [0.25, 0.3) is 0 Å². The second kappa shape index (κ2) is 5.79. The number of nitrogens with zero attached hydrogens (tertiary/aromatic N) is 1. The Morgan fingerprint density at radius 3 is 2.47 bits per heavy atom. The van der Waals surface area contributed by atoms with E-state index in [4.69, 9.17) is 9.84 Å². The van der Waals surface area contributed by atoms with Gasteiger partial charge in [-0.3, -0.25) is 4.79 Å². The number of amides is 1. The second-order valence-electron chi connectivity index (χ2n) is 4.97. The van der Waals surface area contributed by atoms with Crippen molar-refractivity contribution in [1.82, 2.24) is 10.3 Å². The molecule has 1 amide bonds. The molecule has 0 aliphatic rings. The molecule has 0 aromatic carbocycles. The zero-order valence-electron chi connectivity index (χ0n) is 11.5. The van der Waals surface area contributed by atoms with Crippen molar-refractivity contribution in [2.45, 2.75) is 33.0 Å². The highest BCUT2D eigenvalue weighted by Crippen LogP contribution is 2.14. The van der Waals surface area contributed by atoms with Crippen molar-refractivity contribution in [3.63, 3.8) is 0 Å². The third-order valence-corrected chi connectivity index (χ3v) is 2.13. The number of ether oxygens (including phenoxy) is 1. The fourth-order valence-corrected chi connectivity index (χ4v) is 1.37. The number of aliphatic hydroxyl groups excluding tert-OH is 1. The Kier molecular flexibility index (Phi) is 4.61. The molecule has 104 valence electrons. The molecule has 1 heterocycles. The Hall–Kier alpha value is -1.95. The number of aliphatic hydroxyl groups is 1. The minimum atomic E-state index is -0.632. The van der Waals surface area contributed by atoms with Gasteiger partial charge in [-0.2, -0.15) is 0 Å². The van der Waals surface area contributed by atoms with E-state index in [2.05, 4.69) is 10.3 Å². The molecule has 0 radical (unpaired) electrons. The van der Waals surface area contributed by atoms with Gasteiger partial charge >= 0.3 is 5.97 Å². The van der Waals surface area contributed by atoms with Crippen LogP contribution in [0.5, 0.6) is 0 Å². The summed E-state index contributed by atoms with van der Waals surface area (Å²) in [6.07, 6.45) is 0. The largest absolute Gasteiger partial charge is 0.456 e. The van der Waals surface area contributed by atoms with E-state index in [9.17, 15) is 9.59 Å². The number of hydrogen-bond acceptors (Lipinski definition) is 5. The lowest BCUT2D eigenvalue weighted by molar-refractivity contribution is 0.00691. The van der Waals surface area contributed by atoms with Gasteiger partial charge in [0, 0.05) is 7.05 Å². The molecule has 0 unspecified atom stereocenters. The Labute approximate surface area is 111 Å². The van der Waals surface area contributed by atoms with E-state index in [-0.39, 0.29) is 23.6 Å². The van der Waals surface area contributed by atoms with E-state index < -0.39 is 17.5 Å². The van der Waals surface area contributed by atoms with Crippen LogP contribution in [-0.2, 0) is 11.3 Å². The number of esters is 1. The summed E-state index contributed by atoms with van der Waals surface area (Å²) >= 11 is 0. The van der Waals surface area contributed by atoms with Crippen LogP contribution in [0.4, 0.5) is 0 Å². The first-order valence-corrected chi connectivity index (χ1v) is 5.84. The fraction of sp³-hybridized carbons (Fsp3) is 0.462. The van der Waals surface area contributed by atoms with E-state index >= 15 is 0 Å². The Morgan fingerprint density at radius 2 is 2.00 bits per heavy atom. The molecule has 0 spiro atoms. The number of carbonyl (C=O) groups is 2. The van der Waals surface area contributed by atoms with Crippen LogP contribution in [-0.4, -0.2) is 34.6 Å². The highest BCUT2D eigenvalue weighted by molar-refractivity contribution is 5.96. The van der Waals surface area contributed by atoms with Crippen LogP contribution in [0.1, 0.15) is 47.3 Å². The second-order valence-corrected chi connectivity index (χ2v) is 4.97. The molecule has 0 aliphatic carbocycles. The van der Waals surface area contributed by atoms with Crippen molar-refractivity contribution in [3.8, 4) is 0 Å². The summed E-state index contributed by atoms with van der Waals surface area (Å²) in [6, 6.07) is 2.74. The molecule has 0 fully saturated rings. The van der Waals surface area contributed by atoms with Gasteiger partial charge in [-0.15, -0.1) is 0 Å². The van der Waals surface area contributed by atoms with Crippen molar-refractivity contribution >= 4 is 11.9 Å². The minimum Gasteiger partial charge on any atom is -0.456 e. The van der Waals surface area contributed by atoms with Gasteiger partial charge in [-0.1, -0.05) is 0 Å². The Morgan fingerprint density at radius 1 is 1.37 bits per heavy atom. The standard InChI is InChI=1S/C13H18N2O4/c1-13(2,3)19-12(18)8-5-9(7-16)15-10(6-8)11(17)14-4/h5-6,16H,7H2,1-4H3,(H,14,17). The predicted octanol–water partition coefficient (Wildman–Crippen LogP) is 0.889. The molecule has 6 heteroatoms. The maximum absolute atomic E-state index is 11.9. The van der Waals surface area contributed by atoms with Crippen LogP contribution >= 0.6 is 0 Å². The first-order chi connectivity index (χ1) is 8.76. The van der Waals surface area contributed by atoms with Crippen LogP contribution in [0.3, 0.4) is 0 Å². The highest BCUT2D eigenvalue weighted by atomic mass is 16.6. The van der Waals surface area contributed by atoms with Crippen LogP contribution < -0.4 is 5.32 Å². The molecule has 0 bridgehead atoms. The summed E-state index contributed by atoms with van der Waals surface area (Å²) in [5.41, 5.74) is -0.142. The molecule has 1 aromatic rings. The molecule has 2 N–H and O–H groups in total. The lowest BCUT2D eigenvalue weighted by atomic mass is 10.1.